The normalized spacial score (nSPS) is 20.4. The minimum absolute atomic E-state index is 0.00490. The monoisotopic (exact) mass is 390 g/mol. The molecule has 0 aliphatic carbocycles. The number of thiazole rings is 1. The molecule has 1 saturated heterocycles. The summed E-state index contributed by atoms with van der Waals surface area (Å²) in [5.74, 6) is -0.0996. The molecule has 1 aliphatic rings. The van der Waals surface area contributed by atoms with Crippen molar-refractivity contribution < 1.29 is 14.3 Å². The Kier molecular flexibility index (Phi) is 6.28. The number of hydrogen-bond acceptors (Lipinski definition) is 5. The molecule has 1 fully saturated rings. The summed E-state index contributed by atoms with van der Waals surface area (Å²) in [6.07, 6.45) is 2.25. The first-order chi connectivity index (χ1) is 13.0. The van der Waals surface area contributed by atoms with Crippen molar-refractivity contribution >= 4 is 23.2 Å². The van der Waals surface area contributed by atoms with E-state index in [9.17, 15) is 9.59 Å². The minimum Gasteiger partial charge on any atom is -0.376 e. The first kappa shape index (κ1) is 19.6. The summed E-state index contributed by atoms with van der Waals surface area (Å²) < 4.78 is 7.55. The van der Waals surface area contributed by atoms with Crippen molar-refractivity contribution in [3.63, 3.8) is 0 Å². The number of carbonyl (C=O) groups is 2. The zero-order valence-electron chi connectivity index (χ0n) is 15.9. The fourth-order valence-corrected chi connectivity index (χ4v) is 3.83. The summed E-state index contributed by atoms with van der Waals surface area (Å²) in [5, 5.41) is 8.85. The number of ether oxygens (including phenoxy) is 1. The standard InChI is InChI=1S/C19H26N4O3S/c1-12(19-20-6-7-27-19)9-21-17(24)14-8-15(26-11-14)10-22-18(25)16-5-4-13(2)23(16)3/h4-7,12,14-15H,8-11H2,1-3H3,(H,21,24)(H,22,25)/t12?,14-,15-/m0/s1. The highest BCUT2D eigenvalue weighted by Crippen LogP contribution is 2.21. The maximum atomic E-state index is 12.4. The van der Waals surface area contributed by atoms with Gasteiger partial charge in [0.05, 0.1) is 23.6 Å². The molecule has 2 N–H and O–H groups in total. The van der Waals surface area contributed by atoms with Crippen LogP contribution in [0.25, 0.3) is 0 Å². The van der Waals surface area contributed by atoms with Crippen LogP contribution in [0.15, 0.2) is 23.7 Å². The summed E-state index contributed by atoms with van der Waals surface area (Å²) in [5.41, 5.74) is 1.65. The van der Waals surface area contributed by atoms with Crippen molar-refractivity contribution in [3.05, 3.63) is 40.1 Å². The van der Waals surface area contributed by atoms with Crippen molar-refractivity contribution in [2.24, 2.45) is 13.0 Å². The summed E-state index contributed by atoms with van der Waals surface area (Å²) >= 11 is 1.60. The SMILES string of the molecule is Cc1ccc(C(=O)NC[C@@H]2C[C@H](C(=O)NCC(C)c3nccs3)CO2)n1C. The zero-order chi connectivity index (χ0) is 19.4. The Balaban J connectivity index is 1.41. The molecule has 146 valence electrons. The van der Waals surface area contributed by atoms with Crippen LogP contribution >= 0.6 is 11.3 Å². The lowest BCUT2D eigenvalue weighted by atomic mass is 10.0. The van der Waals surface area contributed by atoms with Crippen LogP contribution in [0.4, 0.5) is 0 Å². The molecule has 3 atom stereocenters. The van der Waals surface area contributed by atoms with Crippen molar-refractivity contribution in [1.82, 2.24) is 20.2 Å². The van der Waals surface area contributed by atoms with E-state index in [1.54, 1.807) is 23.6 Å². The van der Waals surface area contributed by atoms with E-state index in [0.717, 1.165) is 10.7 Å². The van der Waals surface area contributed by atoms with Crippen LogP contribution in [-0.4, -0.2) is 47.2 Å². The molecule has 0 bridgehead atoms. The molecule has 1 unspecified atom stereocenters. The van der Waals surface area contributed by atoms with Crippen LogP contribution < -0.4 is 10.6 Å². The first-order valence-corrected chi connectivity index (χ1v) is 10.0. The maximum absolute atomic E-state index is 12.4. The Morgan fingerprint density at radius 1 is 1.41 bits per heavy atom. The van der Waals surface area contributed by atoms with Gasteiger partial charge in [0.1, 0.15) is 5.69 Å². The fraction of sp³-hybridized carbons (Fsp3) is 0.526. The molecule has 8 heteroatoms. The van der Waals surface area contributed by atoms with Crippen molar-refractivity contribution in [2.75, 3.05) is 19.7 Å². The number of aromatic nitrogens is 2. The fourth-order valence-electron chi connectivity index (χ4n) is 3.13. The lowest BCUT2D eigenvalue weighted by molar-refractivity contribution is -0.125. The van der Waals surface area contributed by atoms with Crippen LogP contribution in [0.3, 0.4) is 0 Å². The van der Waals surface area contributed by atoms with Crippen molar-refractivity contribution in [1.29, 1.82) is 0 Å². The van der Waals surface area contributed by atoms with E-state index in [4.69, 9.17) is 4.74 Å². The van der Waals surface area contributed by atoms with E-state index in [0.29, 0.717) is 31.8 Å². The molecule has 2 amide bonds. The molecule has 3 heterocycles. The number of rotatable bonds is 7. The minimum atomic E-state index is -0.173. The third-order valence-corrected chi connectivity index (χ3v) is 6.01. The number of aryl methyl sites for hydroxylation is 1. The van der Waals surface area contributed by atoms with Gasteiger partial charge in [-0.15, -0.1) is 11.3 Å². The summed E-state index contributed by atoms with van der Waals surface area (Å²) in [6.45, 7) is 5.37. The van der Waals surface area contributed by atoms with Crippen LogP contribution in [-0.2, 0) is 16.6 Å². The summed E-state index contributed by atoms with van der Waals surface area (Å²) in [6, 6.07) is 3.72. The Labute approximate surface area is 163 Å². The number of nitrogens with zero attached hydrogens (tertiary/aromatic N) is 2. The molecule has 1 aliphatic heterocycles. The number of hydrogen-bond donors (Lipinski definition) is 2. The van der Waals surface area contributed by atoms with E-state index >= 15 is 0 Å². The average Bonchev–Trinajstić information content (AvgIpc) is 3.40. The van der Waals surface area contributed by atoms with E-state index in [1.165, 1.54) is 0 Å². The smallest absolute Gasteiger partial charge is 0.267 e. The van der Waals surface area contributed by atoms with Gasteiger partial charge in [0.25, 0.3) is 5.91 Å². The van der Waals surface area contributed by atoms with Gasteiger partial charge in [0, 0.05) is 43.3 Å². The van der Waals surface area contributed by atoms with Crippen LogP contribution in [0.5, 0.6) is 0 Å². The van der Waals surface area contributed by atoms with E-state index in [2.05, 4.69) is 15.6 Å². The van der Waals surface area contributed by atoms with Gasteiger partial charge in [-0.3, -0.25) is 9.59 Å². The first-order valence-electron chi connectivity index (χ1n) is 9.15. The molecule has 0 aromatic carbocycles. The second kappa shape index (κ2) is 8.67. The molecule has 3 rings (SSSR count). The number of amides is 2. The Morgan fingerprint density at radius 2 is 2.22 bits per heavy atom. The Morgan fingerprint density at radius 3 is 2.89 bits per heavy atom. The summed E-state index contributed by atoms with van der Waals surface area (Å²) in [7, 11) is 1.86. The average molecular weight is 391 g/mol. The summed E-state index contributed by atoms with van der Waals surface area (Å²) in [4.78, 5) is 28.9. The Bertz CT molecular complexity index is 787. The topological polar surface area (TPSA) is 85.2 Å². The predicted molar refractivity (Wildman–Crippen MR) is 104 cm³/mol. The zero-order valence-corrected chi connectivity index (χ0v) is 16.7. The molecular weight excluding hydrogens is 364 g/mol. The highest BCUT2D eigenvalue weighted by molar-refractivity contribution is 7.09. The van der Waals surface area contributed by atoms with Crippen molar-refractivity contribution in [3.8, 4) is 0 Å². The van der Waals surface area contributed by atoms with Gasteiger partial charge in [0.2, 0.25) is 5.91 Å². The molecule has 0 radical (unpaired) electrons. The molecule has 0 spiro atoms. The van der Waals surface area contributed by atoms with Crippen LogP contribution in [0.1, 0.15) is 40.5 Å². The molecular formula is C19H26N4O3S. The molecule has 27 heavy (non-hydrogen) atoms. The van der Waals surface area contributed by atoms with E-state index < -0.39 is 0 Å². The number of nitrogens with one attached hydrogen (secondary N) is 2. The van der Waals surface area contributed by atoms with Crippen LogP contribution in [0.2, 0.25) is 0 Å². The third kappa shape index (κ3) is 4.75. The quantitative estimate of drug-likeness (QED) is 0.756. The molecule has 7 nitrogen and oxygen atoms in total. The lowest BCUT2D eigenvalue weighted by Crippen LogP contribution is -2.35. The van der Waals surface area contributed by atoms with Crippen molar-refractivity contribution in [2.45, 2.75) is 32.3 Å². The second-order valence-electron chi connectivity index (χ2n) is 7.03. The molecule has 0 saturated carbocycles. The lowest BCUT2D eigenvalue weighted by Gasteiger charge is -2.13. The van der Waals surface area contributed by atoms with Gasteiger partial charge in [-0.25, -0.2) is 4.98 Å². The predicted octanol–water partition coefficient (Wildman–Crippen LogP) is 1.84. The third-order valence-electron chi connectivity index (χ3n) is 5.00. The molecule has 2 aromatic rings. The van der Waals surface area contributed by atoms with Gasteiger partial charge in [-0.2, -0.15) is 0 Å². The highest BCUT2D eigenvalue weighted by atomic mass is 32.1. The second-order valence-corrected chi connectivity index (χ2v) is 7.96. The molecule has 2 aromatic heterocycles. The highest BCUT2D eigenvalue weighted by Gasteiger charge is 2.31. The van der Waals surface area contributed by atoms with E-state index in [-0.39, 0.29) is 29.8 Å². The largest absolute Gasteiger partial charge is 0.376 e. The number of carbonyl (C=O) groups excluding carboxylic acids is 2. The van der Waals surface area contributed by atoms with Gasteiger partial charge >= 0.3 is 0 Å². The van der Waals surface area contributed by atoms with Gasteiger partial charge in [-0.1, -0.05) is 6.92 Å². The Hall–Kier alpha value is -2.19. The maximum Gasteiger partial charge on any atom is 0.267 e. The van der Waals surface area contributed by atoms with Gasteiger partial charge in [0.15, 0.2) is 0 Å². The van der Waals surface area contributed by atoms with Gasteiger partial charge < -0.3 is 19.9 Å². The van der Waals surface area contributed by atoms with Crippen LogP contribution in [0, 0.1) is 12.8 Å². The van der Waals surface area contributed by atoms with Gasteiger partial charge in [-0.05, 0) is 25.5 Å². The van der Waals surface area contributed by atoms with E-state index in [1.807, 2.05) is 36.9 Å².